The number of fused-ring (bicyclic) bond motifs is 2. The minimum atomic E-state index is -0.509. The maximum Gasteiger partial charge on any atom is 0.417 e. The predicted octanol–water partition coefficient (Wildman–Crippen LogP) is 4.62. The number of pyridine rings is 1. The van der Waals surface area contributed by atoms with Crippen LogP contribution in [0.2, 0.25) is 0 Å². The summed E-state index contributed by atoms with van der Waals surface area (Å²) in [5, 5.41) is 3.72. The van der Waals surface area contributed by atoms with Gasteiger partial charge in [0.2, 0.25) is 0 Å². The van der Waals surface area contributed by atoms with E-state index in [0.717, 1.165) is 36.8 Å². The molecule has 1 N–H and O–H groups in total. The Hall–Kier alpha value is -3.08. The van der Waals surface area contributed by atoms with Gasteiger partial charge < -0.3 is 9.64 Å². The molecule has 0 fully saturated rings. The maximum absolute atomic E-state index is 12.2. The number of nitrogens with one attached hydrogen (secondary N) is 1. The Morgan fingerprint density at radius 3 is 3.00 bits per heavy atom. The molecule has 2 heterocycles. The van der Waals surface area contributed by atoms with Gasteiger partial charge in [0.1, 0.15) is 5.75 Å². The molecule has 5 heteroatoms. The van der Waals surface area contributed by atoms with Crippen LogP contribution in [0, 0.1) is 0 Å². The minimum Gasteiger partial charge on any atom is -0.410 e. The molecule has 0 spiro atoms. The Labute approximate surface area is 152 Å². The van der Waals surface area contributed by atoms with E-state index in [1.807, 2.05) is 48.5 Å². The van der Waals surface area contributed by atoms with Gasteiger partial charge in [0.15, 0.2) is 0 Å². The van der Waals surface area contributed by atoms with Gasteiger partial charge in [-0.1, -0.05) is 25.1 Å². The monoisotopic (exact) mass is 347 g/mol. The summed E-state index contributed by atoms with van der Waals surface area (Å²) in [6.07, 6.45) is 3.24. The van der Waals surface area contributed by atoms with Crippen molar-refractivity contribution in [2.45, 2.75) is 19.8 Å². The average molecular weight is 347 g/mol. The fourth-order valence-electron chi connectivity index (χ4n) is 3.40. The highest BCUT2D eigenvalue weighted by molar-refractivity contribution is 5.90. The Morgan fingerprint density at radius 1 is 1.23 bits per heavy atom. The summed E-state index contributed by atoms with van der Waals surface area (Å²) in [4.78, 5) is 18.9. The lowest BCUT2D eigenvalue weighted by molar-refractivity contribution is 0.215. The summed E-state index contributed by atoms with van der Waals surface area (Å²) in [5.74, 6) is 0.563. The van der Waals surface area contributed by atoms with Gasteiger partial charge in [0.25, 0.3) is 0 Å². The van der Waals surface area contributed by atoms with Crippen molar-refractivity contribution >= 4 is 28.4 Å². The number of para-hydroxylation sites is 1. The van der Waals surface area contributed by atoms with Crippen LogP contribution in [0.25, 0.3) is 10.9 Å². The number of amides is 1. The lowest BCUT2D eigenvalue weighted by atomic mass is 10.1. The van der Waals surface area contributed by atoms with Crippen LogP contribution in [0.1, 0.15) is 18.9 Å². The number of aromatic nitrogens is 1. The Morgan fingerprint density at radius 2 is 2.12 bits per heavy atom. The van der Waals surface area contributed by atoms with Gasteiger partial charge >= 0.3 is 6.09 Å². The van der Waals surface area contributed by atoms with Crippen molar-refractivity contribution in [1.82, 2.24) is 4.98 Å². The Bertz CT molecular complexity index is 955. The third-order valence-corrected chi connectivity index (χ3v) is 4.58. The van der Waals surface area contributed by atoms with Gasteiger partial charge in [-0.25, -0.2) is 4.79 Å². The lowest BCUT2D eigenvalue weighted by Gasteiger charge is -2.18. The fourth-order valence-corrected chi connectivity index (χ4v) is 3.40. The zero-order chi connectivity index (χ0) is 17.9. The van der Waals surface area contributed by atoms with Crippen LogP contribution in [0.15, 0.2) is 54.7 Å². The number of carbonyl (C=O) groups excluding carboxylic acids is 1. The zero-order valence-corrected chi connectivity index (χ0v) is 14.7. The molecule has 0 saturated heterocycles. The van der Waals surface area contributed by atoms with E-state index in [9.17, 15) is 4.79 Å². The molecule has 0 aliphatic carbocycles. The maximum atomic E-state index is 12.2. The lowest BCUT2D eigenvalue weighted by Crippen LogP contribution is -2.20. The van der Waals surface area contributed by atoms with Crippen molar-refractivity contribution in [3.63, 3.8) is 0 Å². The molecule has 1 amide bonds. The number of carbonyl (C=O) groups is 1. The SMILES string of the molecule is CCCN1CCc2cc(OC(=O)Nc3cnc4ccccc4c3)ccc21. The zero-order valence-electron chi connectivity index (χ0n) is 14.7. The molecule has 4 rings (SSSR count). The molecule has 2 aromatic carbocycles. The van der Waals surface area contributed by atoms with Gasteiger partial charge in [-0.05, 0) is 48.7 Å². The van der Waals surface area contributed by atoms with Crippen LogP contribution in [-0.2, 0) is 6.42 Å². The normalized spacial score (nSPS) is 12.9. The molecule has 132 valence electrons. The first kappa shape index (κ1) is 16.4. The number of nitrogens with zero attached hydrogens (tertiary/aromatic N) is 2. The van der Waals surface area contributed by atoms with Crippen LogP contribution in [0.3, 0.4) is 0 Å². The van der Waals surface area contributed by atoms with Gasteiger partial charge in [-0.15, -0.1) is 0 Å². The van der Waals surface area contributed by atoms with Crippen LogP contribution < -0.4 is 15.0 Å². The molecule has 0 radical (unpaired) electrons. The van der Waals surface area contributed by atoms with Crippen molar-refractivity contribution in [1.29, 1.82) is 0 Å². The molecular formula is C21H21N3O2. The number of hydrogen-bond acceptors (Lipinski definition) is 4. The van der Waals surface area contributed by atoms with E-state index in [1.54, 1.807) is 6.20 Å². The van der Waals surface area contributed by atoms with E-state index >= 15 is 0 Å². The quantitative estimate of drug-likeness (QED) is 0.748. The van der Waals surface area contributed by atoms with Gasteiger partial charge in [0.05, 0.1) is 17.4 Å². The van der Waals surface area contributed by atoms with Crippen LogP contribution in [-0.4, -0.2) is 24.2 Å². The van der Waals surface area contributed by atoms with E-state index in [2.05, 4.69) is 22.1 Å². The van der Waals surface area contributed by atoms with E-state index in [0.29, 0.717) is 11.4 Å². The van der Waals surface area contributed by atoms with Crippen molar-refractivity contribution in [2.75, 3.05) is 23.3 Å². The van der Waals surface area contributed by atoms with Crippen molar-refractivity contribution in [3.05, 3.63) is 60.3 Å². The number of hydrogen-bond donors (Lipinski definition) is 1. The second-order valence-corrected chi connectivity index (χ2v) is 6.46. The third-order valence-electron chi connectivity index (χ3n) is 4.58. The summed E-state index contributed by atoms with van der Waals surface area (Å²) >= 11 is 0. The number of rotatable bonds is 4. The van der Waals surface area contributed by atoms with Crippen LogP contribution in [0.4, 0.5) is 16.2 Å². The summed E-state index contributed by atoms with van der Waals surface area (Å²) < 4.78 is 5.45. The topological polar surface area (TPSA) is 54.5 Å². The van der Waals surface area contributed by atoms with E-state index < -0.39 is 6.09 Å². The highest BCUT2D eigenvalue weighted by Gasteiger charge is 2.19. The van der Waals surface area contributed by atoms with Crippen LogP contribution >= 0.6 is 0 Å². The number of ether oxygens (including phenoxy) is 1. The predicted molar refractivity (Wildman–Crippen MR) is 104 cm³/mol. The Balaban J connectivity index is 1.44. The average Bonchev–Trinajstić information content (AvgIpc) is 3.04. The van der Waals surface area contributed by atoms with Crippen molar-refractivity contribution in [2.24, 2.45) is 0 Å². The van der Waals surface area contributed by atoms with E-state index in [-0.39, 0.29) is 0 Å². The van der Waals surface area contributed by atoms with Crippen LogP contribution in [0.5, 0.6) is 5.75 Å². The Kier molecular flexibility index (Phi) is 4.44. The molecule has 0 saturated carbocycles. The highest BCUT2D eigenvalue weighted by atomic mass is 16.6. The summed E-state index contributed by atoms with van der Waals surface area (Å²) in [7, 11) is 0. The molecule has 3 aromatic rings. The van der Waals surface area contributed by atoms with Gasteiger partial charge in [-0.2, -0.15) is 0 Å². The summed E-state index contributed by atoms with van der Waals surface area (Å²) in [6.45, 7) is 4.27. The first-order chi connectivity index (χ1) is 12.7. The molecule has 1 aliphatic rings. The largest absolute Gasteiger partial charge is 0.417 e. The standard InChI is InChI=1S/C21H21N3O2/c1-2-10-24-11-9-16-13-18(7-8-20(16)24)26-21(25)23-17-12-15-5-3-4-6-19(15)22-14-17/h3-8,12-14H,2,9-11H2,1H3,(H,23,25). The second-order valence-electron chi connectivity index (χ2n) is 6.46. The van der Waals surface area contributed by atoms with Crippen molar-refractivity contribution in [3.8, 4) is 5.75 Å². The molecule has 1 aliphatic heterocycles. The summed E-state index contributed by atoms with van der Waals surface area (Å²) in [6, 6.07) is 15.5. The van der Waals surface area contributed by atoms with E-state index in [4.69, 9.17) is 4.74 Å². The third kappa shape index (κ3) is 3.33. The van der Waals surface area contributed by atoms with Gasteiger partial charge in [0, 0.05) is 24.2 Å². The molecule has 5 nitrogen and oxygen atoms in total. The van der Waals surface area contributed by atoms with E-state index in [1.165, 1.54) is 11.3 Å². The highest BCUT2D eigenvalue weighted by Crippen LogP contribution is 2.31. The van der Waals surface area contributed by atoms with Gasteiger partial charge in [-0.3, -0.25) is 10.3 Å². The second kappa shape index (κ2) is 7.04. The first-order valence-corrected chi connectivity index (χ1v) is 8.94. The summed E-state index contributed by atoms with van der Waals surface area (Å²) in [5.41, 5.74) is 3.99. The molecular weight excluding hydrogens is 326 g/mol. The fraction of sp³-hybridized carbons (Fsp3) is 0.238. The molecule has 0 bridgehead atoms. The molecule has 26 heavy (non-hydrogen) atoms. The molecule has 0 unspecified atom stereocenters. The molecule has 0 atom stereocenters. The smallest absolute Gasteiger partial charge is 0.410 e. The number of benzene rings is 2. The number of anilines is 2. The molecule has 1 aromatic heterocycles. The van der Waals surface area contributed by atoms with Crippen molar-refractivity contribution < 1.29 is 9.53 Å². The minimum absolute atomic E-state index is 0.509. The first-order valence-electron chi connectivity index (χ1n) is 8.94.